The van der Waals surface area contributed by atoms with Crippen molar-refractivity contribution in [1.82, 2.24) is 5.32 Å². The van der Waals surface area contributed by atoms with Gasteiger partial charge in [-0.1, -0.05) is 78.9 Å². The zero-order valence-corrected chi connectivity index (χ0v) is 19.2. The van der Waals surface area contributed by atoms with Crippen LogP contribution in [0.1, 0.15) is 33.8 Å². The van der Waals surface area contributed by atoms with Gasteiger partial charge in [-0.2, -0.15) is 0 Å². The summed E-state index contributed by atoms with van der Waals surface area (Å²) in [6, 6.07) is 32.3. The van der Waals surface area contributed by atoms with Gasteiger partial charge in [-0.05, 0) is 53.1 Å². The fourth-order valence-electron chi connectivity index (χ4n) is 4.59. The monoisotopic (exact) mass is 451 g/mol. The summed E-state index contributed by atoms with van der Waals surface area (Å²) >= 11 is 0. The van der Waals surface area contributed by atoms with Gasteiger partial charge in [-0.15, -0.1) is 0 Å². The number of rotatable bonds is 8. The maximum atomic E-state index is 12.3. The van der Waals surface area contributed by atoms with Crippen molar-refractivity contribution in [3.05, 3.63) is 114 Å². The second kappa shape index (κ2) is 10.6. The average molecular weight is 452 g/mol. The first-order valence-electron chi connectivity index (χ1n) is 11.9. The molecule has 1 fully saturated rings. The lowest BCUT2D eigenvalue weighted by Gasteiger charge is -2.32. The third kappa shape index (κ3) is 5.36. The molecule has 1 saturated heterocycles. The van der Waals surface area contributed by atoms with Crippen LogP contribution >= 0.6 is 0 Å². The van der Waals surface area contributed by atoms with Crippen LogP contribution < -0.4 is 10.1 Å². The minimum atomic E-state index is -0.0230. The molecule has 0 bridgehead atoms. The number of piperidine rings is 1. The van der Waals surface area contributed by atoms with Crippen molar-refractivity contribution in [3.63, 3.8) is 0 Å². The summed E-state index contributed by atoms with van der Waals surface area (Å²) in [5.74, 6) is 1.00. The van der Waals surface area contributed by atoms with E-state index in [1.807, 2.05) is 42.5 Å². The Morgan fingerprint density at radius 3 is 2.44 bits per heavy atom. The van der Waals surface area contributed by atoms with Crippen molar-refractivity contribution < 1.29 is 14.3 Å². The second-order valence-corrected chi connectivity index (χ2v) is 8.78. The Morgan fingerprint density at radius 1 is 0.853 bits per heavy atom. The Balaban J connectivity index is 1.20. The predicted molar refractivity (Wildman–Crippen MR) is 135 cm³/mol. The molecule has 0 aliphatic carbocycles. The van der Waals surface area contributed by atoms with E-state index in [0.717, 1.165) is 19.5 Å². The largest absolute Gasteiger partial charge is 0.485 e. The number of nitrogens with one attached hydrogen (secondary N) is 1. The quantitative estimate of drug-likeness (QED) is 0.346. The summed E-state index contributed by atoms with van der Waals surface area (Å²) in [5.41, 5.74) is 3.10. The van der Waals surface area contributed by atoms with Crippen LogP contribution in [-0.2, 0) is 11.3 Å². The van der Waals surface area contributed by atoms with Gasteiger partial charge in [0.05, 0.1) is 12.7 Å². The SMILES string of the molecule is O=C(COc1ccc(C2CCNCC2OCc2ccc3ccccc3c2)cc1)c1ccccc1. The molecule has 2 atom stereocenters. The van der Waals surface area contributed by atoms with E-state index in [0.29, 0.717) is 23.8 Å². The van der Waals surface area contributed by atoms with Crippen LogP contribution in [0.25, 0.3) is 10.8 Å². The Labute approximate surface area is 200 Å². The molecule has 0 radical (unpaired) electrons. The molecule has 0 spiro atoms. The molecule has 1 N–H and O–H groups in total. The third-order valence-electron chi connectivity index (χ3n) is 6.48. The summed E-state index contributed by atoms with van der Waals surface area (Å²) in [7, 11) is 0. The van der Waals surface area contributed by atoms with E-state index in [9.17, 15) is 4.79 Å². The fraction of sp³-hybridized carbons (Fsp3) is 0.233. The highest BCUT2D eigenvalue weighted by Gasteiger charge is 2.27. The molecule has 4 aromatic rings. The summed E-state index contributed by atoms with van der Waals surface area (Å²) in [6.45, 7) is 2.44. The van der Waals surface area contributed by atoms with E-state index in [1.165, 1.54) is 21.9 Å². The van der Waals surface area contributed by atoms with Gasteiger partial charge in [-0.25, -0.2) is 0 Å². The van der Waals surface area contributed by atoms with Gasteiger partial charge in [-0.3, -0.25) is 4.79 Å². The summed E-state index contributed by atoms with van der Waals surface area (Å²) in [5, 5.41) is 5.96. The molecule has 5 rings (SSSR count). The van der Waals surface area contributed by atoms with Crippen molar-refractivity contribution in [3.8, 4) is 5.75 Å². The first kappa shape index (κ1) is 22.3. The molecule has 172 valence electrons. The molecule has 0 aromatic heterocycles. The zero-order valence-electron chi connectivity index (χ0n) is 19.2. The van der Waals surface area contributed by atoms with Crippen molar-refractivity contribution in [2.75, 3.05) is 19.7 Å². The van der Waals surface area contributed by atoms with E-state index in [2.05, 4.69) is 59.9 Å². The molecule has 4 heteroatoms. The number of ketones is 1. The van der Waals surface area contributed by atoms with Crippen molar-refractivity contribution in [1.29, 1.82) is 0 Å². The first-order valence-corrected chi connectivity index (χ1v) is 11.9. The van der Waals surface area contributed by atoms with E-state index in [4.69, 9.17) is 9.47 Å². The van der Waals surface area contributed by atoms with E-state index >= 15 is 0 Å². The standard InChI is InChI=1S/C30H29NO3/c32-29(25-7-2-1-3-8-25)21-33-27-14-12-24(13-15-27)28-16-17-31-19-30(28)34-20-22-10-11-23-6-4-5-9-26(23)18-22/h1-15,18,28,30-31H,16-17,19-21H2. The number of fused-ring (bicyclic) bond motifs is 1. The number of hydrogen-bond donors (Lipinski definition) is 1. The minimum Gasteiger partial charge on any atom is -0.485 e. The van der Waals surface area contributed by atoms with Gasteiger partial charge in [0, 0.05) is 18.0 Å². The highest BCUT2D eigenvalue weighted by Crippen LogP contribution is 2.30. The number of ether oxygens (including phenoxy) is 2. The lowest BCUT2D eigenvalue weighted by molar-refractivity contribution is 0.0106. The number of hydrogen-bond acceptors (Lipinski definition) is 4. The molecule has 1 heterocycles. The maximum Gasteiger partial charge on any atom is 0.200 e. The molecule has 4 nitrogen and oxygen atoms in total. The highest BCUT2D eigenvalue weighted by molar-refractivity contribution is 5.97. The summed E-state index contributed by atoms with van der Waals surface area (Å²) in [4.78, 5) is 12.3. The van der Waals surface area contributed by atoms with Crippen molar-refractivity contribution >= 4 is 16.6 Å². The average Bonchev–Trinajstić information content (AvgIpc) is 2.91. The predicted octanol–water partition coefficient (Wildman–Crippen LogP) is 5.76. The molecule has 4 aromatic carbocycles. The van der Waals surface area contributed by atoms with Gasteiger partial charge >= 0.3 is 0 Å². The number of carbonyl (C=O) groups is 1. The zero-order chi connectivity index (χ0) is 23.2. The minimum absolute atomic E-state index is 0.0230. The maximum absolute atomic E-state index is 12.3. The van der Waals surface area contributed by atoms with Gasteiger partial charge in [0.15, 0.2) is 12.4 Å². The number of benzene rings is 4. The van der Waals surface area contributed by atoms with Gasteiger partial charge in [0.1, 0.15) is 5.75 Å². The van der Waals surface area contributed by atoms with Crippen LogP contribution in [0.15, 0.2) is 97.1 Å². The van der Waals surface area contributed by atoms with Crippen LogP contribution in [0.3, 0.4) is 0 Å². The molecule has 34 heavy (non-hydrogen) atoms. The Kier molecular flexibility index (Phi) is 6.99. The first-order chi connectivity index (χ1) is 16.8. The van der Waals surface area contributed by atoms with Gasteiger partial charge < -0.3 is 14.8 Å². The van der Waals surface area contributed by atoms with Crippen molar-refractivity contribution in [2.45, 2.75) is 25.0 Å². The van der Waals surface area contributed by atoms with Crippen molar-refractivity contribution in [2.24, 2.45) is 0 Å². The van der Waals surface area contributed by atoms with Crippen LogP contribution in [0.2, 0.25) is 0 Å². The molecule has 0 saturated carbocycles. The second-order valence-electron chi connectivity index (χ2n) is 8.78. The normalized spacial score (nSPS) is 18.0. The third-order valence-corrected chi connectivity index (χ3v) is 6.48. The van der Waals surface area contributed by atoms with E-state index in [1.54, 1.807) is 0 Å². The lowest BCUT2D eigenvalue weighted by Crippen LogP contribution is -2.40. The number of carbonyl (C=O) groups excluding carboxylic acids is 1. The lowest BCUT2D eigenvalue weighted by atomic mass is 9.87. The van der Waals surface area contributed by atoms with Crippen LogP contribution in [0, 0.1) is 0 Å². The molecule has 1 aliphatic rings. The molecule has 2 unspecified atom stereocenters. The van der Waals surface area contributed by atoms with Crippen LogP contribution in [0.5, 0.6) is 5.75 Å². The fourth-order valence-corrected chi connectivity index (χ4v) is 4.59. The highest BCUT2D eigenvalue weighted by atomic mass is 16.5. The molecule has 1 aliphatic heterocycles. The Bertz CT molecular complexity index is 1240. The van der Waals surface area contributed by atoms with Crippen LogP contribution in [0.4, 0.5) is 0 Å². The summed E-state index contributed by atoms with van der Waals surface area (Å²) < 4.78 is 12.1. The smallest absolute Gasteiger partial charge is 0.200 e. The Hall–Kier alpha value is -3.47. The Morgan fingerprint density at radius 2 is 1.62 bits per heavy atom. The van der Waals surface area contributed by atoms with E-state index < -0.39 is 0 Å². The van der Waals surface area contributed by atoms with Gasteiger partial charge in [0.25, 0.3) is 0 Å². The molecular formula is C30H29NO3. The topological polar surface area (TPSA) is 47.6 Å². The van der Waals surface area contributed by atoms with Crippen LogP contribution in [-0.4, -0.2) is 31.6 Å². The number of Topliss-reactive ketones (excluding diaryl/α,β-unsaturated/α-hetero) is 1. The summed E-state index contributed by atoms with van der Waals surface area (Å²) in [6.07, 6.45) is 1.13. The molecular weight excluding hydrogens is 422 g/mol. The van der Waals surface area contributed by atoms with E-state index in [-0.39, 0.29) is 18.5 Å². The molecule has 0 amide bonds. The van der Waals surface area contributed by atoms with Gasteiger partial charge in [0.2, 0.25) is 0 Å².